The number of rotatable bonds is 7. The Kier molecular flexibility index (Phi) is 6.25. The van der Waals surface area contributed by atoms with Crippen molar-refractivity contribution in [2.75, 3.05) is 12.4 Å². The lowest BCUT2D eigenvalue weighted by molar-refractivity contribution is 0.102. The van der Waals surface area contributed by atoms with Gasteiger partial charge in [0.15, 0.2) is 0 Å². The molecule has 0 unspecified atom stereocenters. The van der Waals surface area contributed by atoms with Crippen molar-refractivity contribution < 1.29 is 14.3 Å². The summed E-state index contributed by atoms with van der Waals surface area (Å²) in [6.45, 7) is 0.374. The number of hydrogen-bond donors (Lipinski definition) is 2. The number of hydrazone groups is 1. The van der Waals surface area contributed by atoms with E-state index in [1.54, 1.807) is 31.4 Å². The second-order valence-electron chi connectivity index (χ2n) is 5.99. The van der Waals surface area contributed by atoms with Crippen molar-refractivity contribution in [1.82, 2.24) is 0 Å². The maximum atomic E-state index is 12.6. The first-order chi connectivity index (χ1) is 13.7. The van der Waals surface area contributed by atoms with Crippen LogP contribution in [0.1, 0.15) is 21.5 Å². The SMILES string of the molecule is COc1ccc(COc2ccccc2NC(=O)c2cccc(C=NN)c2)cc1. The van der Waals surface area contributed by atoms with E-state index in [0.29, 0.717) is 23.6 Å². The first-order valence-corrected chi connectivity index (χ1v) is 8.69. The Hall–Kier alpha value is -3.80. The van der Waals surface area contributed by atoms with Gasteiger partial charge < -0.3 is 20.6 Å². The van der Waals surface area contributed by atoms with Gasteiger partial charge in [0.1, 0.15) is 18.1 Å². The Morgan fingerprint density at radius 1 is 1.07 bits per heavy atom. The Morgan fingerprint density at radius 3 is 2.61 bits per heavy atom. The second kappa shape index (κ2) is 9.23. The lowest BCUT2D eigenvalue weighted by atomic mass is 10.1. The zero-order valence-corrected chi connectivity index (χ0v) is 15.5. The normalized spacial score (nSPS) is 10.6. The Balaban J connectivity index is 1.71. The largest absolute Gasteiger partial charge is 0.497 e. The van der Waals surface area contributed by atoms with Crippen molar-refractivity contribution in [1.29, 1.82) is 0 Å². The predicted molar refractivity (Wildman–Crippen MR) is 110 cm³/mol. The van der Waals surface area contributed by atoms with Gasteiger partial charge in [-0.1, -0.05) is 36.4 Å². The van der Waals surface area contributed by atoms with Crippen LogP contribution in [0, 0.1) is 0 Å². The van der Waals surface area contributed by atoms with Crippen LogP contribution in [0.25, 0.3) is 0 Å². The molecular formula is C22H21N3O3. The minimum absolute atomic E-state index is 0.243. The maximum absolute atomic E-state index is 12.6. The van der Waals surface area contributed by atoms with Gasteiger partial charge in [0.05, 0.1) is 19.0 Å². The fraction of sp³-hybridized carbons (Fsp3) is 0.0909. The highest BCUT2D eigenvalue weighted by Gasteiger charge is 2.10. The van der Waals surface area contributed by atoms with E-state index in [1.165, 1.54) is 6.21 Å². The van der Waals surface area contributed by atoms with E-state index >= 15 is 0 Å². The molecule has 0 radical (unpaired) electrons. The summed E-state index contributed by atoms with van der Waals surface area (Å²) < 4.78 is 11.1. The average Bonchev–Trinajstić information content (AvgIpc) is 2.74. The van der Waals surface area contributed by atoms with Crippen molar-refractivity contribution in [3.63, 3.8) is 0 Å². The van der Waals surface area contributed by atoms with E-state index in [1.807, 2.05) is 48.5 Å². The number of carbonyl (C=O) groups excluding carboxylic acids is 1. The Labute approximate surface area is 163 Å². The number of hydrogen-bond acceptors (Lipinski definition) is 5. The van der Waals surface area contributed by atoms with Crippen LogP contribution < -0.4 is 20.6 Å². The van der Waals surface area contributed by atoms with E-state index in [4.69, 9.17) is 15.3 Å². The second-order valence-corrected chi connectivity index (χ2v) is 5.99. The Bertz CT molecular complexity index is 969. The molecule has 0 aliphatic carbocycles. The number of amides is 1. The number of methoxy groups -OCH3 is 1. The van der Waals surface area contributed by atoms with Crippen LogP contribution in [0.5, 0.6) is 11.5 Å². The molecule has 3 N–H and O–H groups in total. The van der Waals surface area contributed by atoms with Gasteiger partial charge in [0.25, 0.3) is 5.91 Å². The lowest BCUT2D eigenvalue weighted by Gasteiger charge is -2.13. The fourth-order valence-corrected chi connectivity index (χ4v) is 2.62. The highest BCUT2D eigenvalue weighted by molar-refractivity contribution is 6.05. The van der Waals surface area contributed by atoms with Crippen LogP contribution in [-0.4, -0.2) is 19.2 Å². The first-order valence-electron chi connectivity index (χ1n) is 8.69. The summed E-state index contributed by atoms with van der Waals surface area (Å²) in [7, 11) is 1.63. The van der Waals surface area contributed by atoms with E-state index in [2.05, 4.69) is 10.4 Å². The molecule has 1 amide bonds. The van der Waals surface area contributed by atoms with Gasteiger partial charge in [-0.3, -0.25) is 4.79 Å². The zero-order chi connectivity index (χ0) is 19.8. The molecule has 0 aliphatic rings. The molecule has 0 saturated heterocycles. The summed E-state index contributed by atoms with van der Waals surface area (Å²) in [5.41, 5.74) is 2.84. The van der Waals surface area contributed by atoms with Gasteiger partial charge in [-0.15, -0.1) is 0 Å². The zero-order valence-electron chi connectivity index (χ0n) is 15.5. The van der Waals surface area contributed by atoms with E-state index in [9.17, 15) is 4.79 Å². The van der Waals surface area contributed by atoms with Gasteiger partial charge in [0, 0.05) is 5.56 Å². The van der Waals surface area contributed by atoms with Crippen molar-refractivity contribution in [2.45, 2.75) is 6.61 Å². The highest BCUT2D eigenvalue weighted by Crippen LogP contribution is 2.25. The number of ether oxygens (including phenoxy) is 2. The summed E-state index contributed by atoms with van der Waals surface area (Å²) in [4.78, 5) is 12.6. The number of nitrogens with zero attached hydrogens (tertiary/aromatic N) is 1. The van der Waals surface area contributed by atoms with Crippen LogP contribution in [0.15, 0.2) is 77.9 Å². The minimum atomic E-state index is -0.243. The summed E-state index contributed by atoms with van der Waals surface area (Å²) in [5, 5.41) is 6.37. The molecule has 0 atom stereocenters. The highest BCUT2D eigenvalue weighted by atomic mass is 16.5. The molecular weight excluding hydrogens is 354 g/mol. The number of anilines is 1. The van der Waals surface area contributed by atoms with Crippen LogP contribution in [0.4, 0.5) is 5.69 Å². The quantitative estimate of drug-likeness (QED) is 0.373. The van der Waals surface area contributed by atoms with Crippen LogP contribution in [-0.2, 0) is 6.61 Å². The third-order valence-corrected chi connectivity index (χ3v) is 4.06. The van der Waals surface area contributed by atoms with Gasteiger partial charge in [-0.05, 0) is 47.5 Å². The molecule has 3 aromatic carbocycles. The number of benzene rings is 3. The molecule has 3 rings (SSSR count). The van der Waals surface area contributed by atoms with Crippen LogP contribution in [0.2, 0.25) is 0 Å². The fourth-order valence-electron chi connectivity index (χ4n) is 2.62. The molecule has 0 saturated carbocycles. The predicted octanol–water partition coefficient (Wildman–Crippen LogP) is 3.82. The van der Waals surface area contributed by atoms with Crippen molar-refractivity contribution >= 4 is 17.8 Å². The molecule has 0 aromatic heterocycles. The lowest BCUT2D eigenvalue weighted by Crippen LogP contribution is -2.13. The summed E-state index contributed by atoms with van der Waals surface area (Å²) in [5.74, 6) is 6.31. The van der Waals surface area contributed by atoms with Crippen LogP contribution in [0.3, 0.4) is 0 Å². The molecule has 0 aliphatic heterocycles. The molecule has 0 heterocycles. The maximum Gasteiger partial charge on any atom is 0.255 e. The van der Waals surface area contributed by atoms with Crippen LogP contribution >= 0.6 is 0 Å². The molecule has 6 nitrogen and oxygen atoms in total. The summed E-state index contributed by atoms with van der Waals surface area (Å²) in [6.07, 6.45) is 1.49. The monoisotopic (exact) mass is 375 g/mol. The van der Waals surface area contributed by atoms with E-state index in [-0.39, 0.29) is 5.91 Å². The minimum Gasteiger partial charge on any atom is -0.497 e. The first kappa shape index (κ1) is 19.0. The topological polar surface area (TPSA) is 85.9 Å². The number of nitrogens with one attached hydrogen (secondary N) is 1. The molecule has 0 bridgehead atoms. The van der Waals surface area contributed by atoms with Crippen molar-refractivity contribution in [3.05, 3.63) is 89.5 Å². The third-order valence-electron chi connectivity index (χ3n) is 4.06. The Morgan fingerprint density at radius 2 is 1.86 bits per heavy atom. The summed E-state index contributed by atoms with van der Waals surface area (Å²) in [6, 6.07) is 22.0. The number of carbonyl (C=O) groups is 1. The molecule has 3 aromatic rings. The van der Waals surface area contributed by atoms with E-state index in [0.717, 1.165) is 16.9 Å². The van der Waals surface area contributed by atoms with Crippen molar-refractivity contribution in [3.8, 4) is 11.5 Å². The average molecular weight is 375 g/mol. The third kappa shape index (κ3) is 4.88. The van der Waals surface area contributed by atoms with Gasteiger partial charge in [-0.25, -0.2) is 0 Å². The molecule has 6 heteroatoms. The van der Waals surface area contributed by atoms with Crippen molar-refractivity contribution in [2.24, 2.45) is 10.9 Å². The molecule has 0 fully saturated rings. The number of nitrogens with two attached hydrogens (primary N) is 1. The van der Waals surface area contributed by atoms with Gasteiger partial charge in [-0.2, -0.15) is 5.10 Å². The molecule has 142 valence electrons. The van der Waals surface area contributed by atoms with E-state index < -0.39 is 0 Å². The molecule has 28 heavy (non-hydrogen) atoms. The smallest absolute Gasteiger partial charge is 0.255 e. The van der Waals surface area contributed by atoms with Gasteiger partial charge in [0.2, 0.25) is 0 Å². The van der Waals surface area contributed by atoms with Gasteiger partial charge >= 0.3 is 0 Å². The molecule has 0 spiro atoms. The summed E-state index contributed by atoms with van der Waals surface area (Å²) >= 11 is 0. The standard InChI is InChI=1S/C22H21N3O3/c1-27-19-11-9-16(10-12-19)15-28-21-8-3-2-7-20(21)25-22(26)18-6-4-5-17(13-18)14-24-23/h2-14H,15,23H2,1H3,(H,25,26). The number of para-hydroxylation sites is 2.